The number of fused-ring (bicyclic) bond motifs is 2. The maximum absolute atomic E-state index is 14.5. The minimum Gasteiger partial charge on any atom is -0.204 e. The summed E-state index contributed by atoms with van der Waals surface area (Å²) in [6.45, 7) is 0. The third kappa shape index (κ3) is 2.13. The van der Waals surface area contributed by atoms with Gasteiger partial charge in [0.25, 0.3) is 0 Å². The van der Waals surface area contributed by atoms with Crippen molar-refractivity contribution >= 4 is 37.5 Å². The monoisotopic (exact) mass is 386 g/mol. The molecule has 0 aliphatic heterocycles. The summed E-state index contributed by atoms with van der Waals surface area (Å²) in [6, 6.07) is 17.2. The lowest BCUT2D eigenvalue weighted by Crippen LogP contribution is -1.96. The van der Waals surface area contributed by atoms with Crippen LogP contribution in [0.3, 0.4) is 0 Å². The van der Waals surface area contributed by atoms with E-state index in [2.05, 4.69) is 15.9 Å². The highest BCUT2D eigenvalue weighted by Gasteiger charge is 2.20. The van der Waals surface area contributed by atoms with Gasteiger partial charge >= 0.3 is 0 Å². The van der Waals surface area contributed by atoms with Crippen LogP contribution in [0.4, 0.5) is 13.2 Å². The van der Waals surface area contributed by atoms with E-state index in [1.165, 1.54) is 6.07 Å². The summed E-state index contributed by atoms with van der Waals surface area (Å²) in [5.74, 6) is -3.82. The standard InChI is InChI=1S/C20H10BrF3/c21-18-13-7-3-1-5-11(13)17(12-6-2-4-8-14(12)18)15-9-10-16(22)20(24)19(15)23/h1-10H. The van der Waals surface area contributed by atoms with Crippen molar-refractivity contribution in [2.75, 3.05) is 0 Å². The molecule has 0 nitrogen and oxygen atoms in total. The highest BCUT2D eigenvalue weighted by atomic mass is 79.9. The largest absolute Gasteiger partial charge is 0.204 e. The molecule has 0 heterocycles. The van der Waals surface area contributed by atoms with Crippen molar-refractivity contribution in [3.05, 3.63) is 82.6 Å². The molecular weight excluding hydrogens is 377 g/mol. The Labute approximate surface area is 144 Å². The molecule has 0 saturated heterocycles. The summed E-state index contributed by atoms with van der Waals surface area (Å²) >= 11 is 3.61. The molecule has 0 bridgehead atoms. The van der Waals surface area contributed by atoms with Gasteiger partial charge in [0.15, 0.2) is 17.5 Å². The fourth-order valence-corrected chi connectivity index (χ4v) is 3.78. The van der Waals surface area contributed by atoms with Gasteiger partial charge in [0, 0.05) is 15.6 Å². The summed E-state index contributed by atoms with van der Waals surface area (Å²) in [4.78, 5) is 0. The van der Waals surface area contributed by atoms with Crippen LogP contribution in [0, 0.1) is 17.5 Å². The molecule has 4 aromatic carbocycles. The average molecular weight is 387 g/mol. The van der Waals surface area contributed by atoms with Gasteiger partial charge in [-0.15, -0.1) is 0 Å². The molecule has 4 aromatic rings. The summed E-state index contributed by atoms with van der Waals surface area (Å²) in [5, 5.41) is 3.31. The third-order valence-corrected chi connectivity index (χ3v) is 5.02. The predicted molar refractivity (Wildman–Crippen MR) is 94.5 cm³/mol. The van der Waals surface area contributed by atoms with E-state index in [9.17, 15) is 13.2 Å². The molecule has 0 aromatic heterocycles. The maximum Gasteiger partial charge on any atom is 0.195 e. The van der Waals surface area contributed by atoms with E-state index in [1.807, 2.05) is 48.5 Å². The Bertz CT molecular complexity index is 1050. The Balaban J connectivity index is 2.26. The lowest BCUT2D eigenvalue weighted by Gasteiger charge is -2.15. The van der Waals surface area contributed by atoms with Gasteiger partial charge < -0.3 is 0 Å². The Hall–Kier alpha value is -2.33. The quantitative estimate of drug-likeness (QED) is 0.248. The molecule has 0 radical (unpaired) electrons. The minimum atomic E-state index is -1.46. The van der Waals surface area contributed by atoms with E-state index >= 15 is 0 Å². The Morgan fingerprint density at radius 3 is 1.62 bits per heavy atom. The second kappa shape index (κ2) is 5.64. The number of benzene rings is 4. The number of hydrogen-bond acceptors (Lipinski definition) is 0. The topological polar surface area (TPSA) is 0 Å². The first-order chi connectivity index (χ1) is 11.6. The second-order valence-electron chi connectivity index (χ2n) is 5.50. The van der Waals surface area contributed by atoms with Crippen LogP contribution in [-0.2, 0) is 0 Å². The van der Waals surface area contributed by atoms with E-state index in [1.54, 1.807) is 0 Å². The molecule has 0 N–H and O–H groups in total. The van der Waals surface area contributed by atoms with E-state index in [0.29, 0.717) is 5.56 Å². The van der Waals surface area contributed by atoms with Crippen molar-refractivity contribution in [3.63, 3.8) is 0 Å². The molecule has 0 unspecified atom stereocenters. The molecule has 0 amide bonds. The van der Waals surface area contributed by atoms with Gasteiger partial charge in [-0.1, -0.05) is 48.5 Å². The smallest absolute Gasteiger partial charge is 0.195 e. The summed E-state index contributed by atoms with van der Waals surface area (Å²) < 4.78 is 42.5. The van der Waals surface area contributed by atoms with Gasteiger partial charge in [-0.3, -0.25) is 0 Å². The van der Waals surface area contributed by atoms with Gasteiger partial charge in [0.1, 0.15) is 0 Å². The van der Waals surface area contributed by atoms with Gasteiger partial charge in [-0.05, 0) is 49.6 Å². The molecule has 0 saturated carbocycles. The van der Waals surface area contributed by atoms with Crippen LogP contribution in [0.2, 0.25) is 0 Å². The first-order valence-corrected chi connectivity index (χ1v) is 8.11. The molecule has 24 heavy (non-hydrogen) atoms. The fraction of sp³-hybridized carbons (Fsp3) is 0. The molecule has 0 aliphatic carbocycles. The van der Waals surface area contributed by atoms with Crippen LogP contribution in [0.5, 0.6) is 0 Å². The SMILES string of the molecule is Fc1ccc(-c2c3ccccc3c(Br)c3ccccc23)c(F)c1F. The first kappa shape index (κ1) is 15.2. The molecule has 0 atom stereocenters. The van der Waals surface area contributed by atoms with Gasteiger partial charge in [0.2, 0.25) is 0 Å². The van der Waals surface area contributed by atoms with Crippen LogP contribution in [0.15, 0.2) is 65.1 Å². The van der Waals surface area contributed by atoms with Gasteiger partial charge in [0.05, 0.1) is 0 Å². The van der Waals surface area contributed by atoms with E-state index in [-0.39, 0.29) is 5.56 Å². The van der Waals surface area contributed by atoms with Gasteiger partial charge in [-0.25, -0.2) is 13.2 Å². The molecule has 0 fully saturated rings. The van der Waals surface area contributed by atoms with Crippen LogP contribution in [0.1, 0.15) is 0 Å². The van der Waals surface area contributed by atoms with Crippen molar-refractivity contribution in [3.8, 4) is 11.1 Å². The zero-order valence-electron chi connectivity index (χ0n) is 12.3. The first-order valence-electron chi connectivity index (χ1n) is 7.32. The number of rotatable bonds is 1. The highest BCUT2D eigenvalue weighted by Crippen LogP contribution is 2.42. The fourth-order valence-electron chi connectivity index (χ4n) is 3.08. The Morgan fingerprint density at radius 1 is 0.583 bits per heavy atom. The van der Waals surface area contributed by atoms with Crippen LogP contribution < -0.4 is 0 Å². The van der Waals surface area contributed by atoms with Crippen molar-refractivity contribution in [2.45, 2.75) is 0 Å². The Morgan fingerprint density at radius 2 is 1.08 bits per heavy atom. The zero-order chi connectivity index (χ0) is 16.8. The number of halogens is 4. The predicted octanol–water partition coefficient (Wildman–Crippen LogP) is 6.84. The average Bonchev–Trinajstić information content (AvgIpc) is 2.62. The minimum absolute atomic E-state index is 0.0498. The summed E-state index contributed by atoms with van der Waals surface area (Å²) in [6.07, 6.45) is 0. The zero-order valence-corrected chi connectivity index (χ0v) is 13.9. The van der Waals surface area contributed by atoms with Crippen molar-refractivity contribution in [2.24, 2.45) is 0 Å². The third-order valence-electron chi connectivity index (χ3n) is 4.17. The van der Waals surface area contributed by atoms with Crippen LogP contribution >= 0.6 is 15.9 Å². The molecule has 0 spiro atoms. The highest BCUT2D eigenvalue weighted by molar-refractivity contribution is 9.10. The van der Waals surface area contributed by atoms with E-state index in [4.69, 9.17) is 0 Å². The van der Waals surface area contributed by atoms with Gasteiger partial charge in [-0.2, -0.15) is 0 Å². The van der Waals surface area contributed by atoms with Crippen molar-refractivity contribution < 1.29 is 13.2 Å². The van der Waals surface area contributed by atoms with Crippen LogP contribution in [0.25, 0.3) is 32.7 Å². The van der Waals surface area contributed by atoms with E-state index in [0.717, 1.165) is 32.1 Å². The summed E-state index contributed by atoms with van der Waals surface area (Å²) in [7, 11) is 0. The van der Waals surface area contributed by atoms with E-state index < -0.39 is 17.5 Å². The number of hydrogen-bond donors (Lipinski definition) is 0. The summed E-state index contributed by atoms with van der Waals surface area (Å²) in [5.41, 5.74) is 0.606. The maximum atomic E-state index is 14.5. The van der Waals surface area contributed by atoms with Crippen LogP contribution in [-0.4, -0.2) is 0 Å². The van der Waals surface area contributed by atoms with Crippen molar-refractivity contribution in [1.29, 1.82) is 0 Å². The Kier molecular flexibility index (Phi) is 3.57. The molecule has 118 valence electrons. The lowest BCUT2D eigenvalue weighted by molar-refractivity contribution is 0.449. The lowest BCUT2D eigenvalue weighted by atomic mass is 9.91. The molecular formula is C20H10BrF3. The second-order valence-corrected chi connectivity index (χ2v) is 6.30. The van der Waals surface area contributed by atoms with Crippen molar-refractivity contribution in [1.82, 2.24) is 0 Å². The normalized spacial score (nSPS) is 11.3. The molecule has 4 rings (SSSR count). The molecule has 0 aliphatic rings. The molecule has 4 heteroatoms.